The van der Waals surface area contributed by atoms with E-state index in [2.05, 4.69) is 6.58 Å². The Bertz CT molecular complexity index is 106. The molecule has 0 spiro atoms. The average Bonchev–Trinajstić information content (AvgIpc) is 1.62. The molecule has 1 nitrogen and oxygen atoms in total. The number of aliphatic hydroxyl groups is 1. The number of hydrogen-bond donors (Lipinski definition) is 1. The molecule has 0 unspecified atom stereocenters. The second-order valence-electron chi connectivity index (χ2n) is 3.45. The SMILES string of the molecule is C=C([C@@H](C)O)C(C)(C)C. The molecule has 0 radical (unpaired) electrons. The normalized spacial score (nSPS) is 15.2. The maximum absolute atomic E-state index is 9.06. The minimum absolute atomic E-state index is 0.0359. The van der Waals surface area contributed by atoms with Gasteiger partial charge in [-0.25, -0.2) is 0 Å². The number of aliphatic hydroxyl groups excluding tert-OH is 1. The van der Waals surface area contributed by atoms with E-state index < -0.39 is 0 Å². The van der Waals surface area contributed by atoms with E-state index in [4.69, 9.17) is 5.11 Å². The van der Waals surface area contributed by atoms with Crippen LogP contribution in [0, 0.1) is 5.41 Å². The van der Waals surface area contributed by atoms with E-state index in [0.717, 1.165) is 5.57 Å². The van der Waals surface area contributed by atoms with Crippen molar-refractivity contribution in [3.8, 4) is 0 Å². The first-order valence-corrected chi connectivity index (χ1v) is 3.23. The van der Waals surface area contributed by atoms with Gasteiger partial charge >= 0.3 is 0 Å². The molecule has 9 heavy (non-hydrogen) atoms. The second-order valence-corrected chi connectivity index (χ2v) is 3.45. The molecule has 0 aromatic heterocycles. The summed E-state index contributed by atoms with van der Waals surface area (Å²) in [6, 6.07) is 0. The van der Waals surface area contributed by atoms with Gasteiger partial charge in [-0.15, -0.1) is 0 Å². The van der Waals surface area contributed by atoms with E-state index in [9.17, 15) is 0 Å². The summed E-state index contributed by atoms with van der Waals surface area (Å²) in [5.41, 5.74) is 0.927. The van der Waals surface area contributed by atoms with Gasteiger partial charge in [-0.2, -0.15) is 0 Å². The minimum Gasteiger partial charge on any atom is -0.389 e. The maximum Gasteiger partial charge on any atom is 0.0724 e. The molecule has 0 aliphatic carbocycles. The lowest BCUT2D eigenvalue weighted by molar-refractivity contribution is 0.204. The number of rotatable bonds is 1. The molecular weight excluding hydrogens is 112 g/mol. The molecule has 0 fully saturated rings. The molecule has 0 aliphatic rings. The Labute approximate surface area is 57.4 Å². The quantitative estimate of drug-likeness (QED) is 0.535. The third-order valence-electron chi connectivity index (χ3n) is 1.47. The predicted octanol–water partition coefficient (Wildman–Crippen LogP) is 1.97. The molecule has 1 N–H and O–H groups in total. The van der Waals surface area contributed by atoms with E-state index in [-0.39, 0.29) is 11.5 Å². The fourth-order valence-electron chi connectivity index (χ4n) is 0.627. The third kappa shape index (κ3) is 2.66. The summed E-state index contributed by atoms with van der Waals surface area (Å²) in [5.74, 6) is 0. The standard InChI is InChI=1S/C8H16O/c1-6(7(2)9)8(3,4)5/h7,9H,1H2,2-5H3/t7-/m1/s1. The third-order valence-corrected chi connectivity index (χ3v) is 1.47. The molecule has 54 valence electrons. The molecule has 1 atom stereocenters. The van der Waals surface area contributed by atoms with E-state index in [0.29, 0.717) is 0 Å². The Hall–Kier alpha value is -0.300. The van der Waals surface area contributed by atoms with Crippen LogP contribution in [-0.2, 0) is 0 Å². The summed E-state index contributed by atoms with van der Waals surface area (Å²) in [4.78, 5) is 0. The van der Waals surface area contributed by atoms with Crippen molar-refractivity contribution in [2.75, 3.05) is 0 Å². The molecule has 1 heteroatoms. The van der Waals surface area contributed by atoms with Gasteiger partial charge in [0.2, 0.25) is 0 Å². The Morgan fingerprint density at radius 3 is 1.78 bits per heavy atom. The molecule has 0 aromatic carbocycles. The first-order chi connectivity index (χ1) is 3.85. The molecule has 0 saturated carbocycles. The van der Waals surface area contributed by atoms with Crippen LogP contribution in [-0.4, -0.2) is 11.2 Å². The molecule has 0 aliphatic heterocycles. The smallest absolute Gasteiger partial charge is 0.0724 e. The fraction of sp³-hybridized carbons (Fsp3) is 0.750. The van der Waals surface area contributed by atoms with Crippen LogP contribution in [0.15, 0.2) is 12.2 Å². The predicted molar refractivity (Wildman–Crippen MR) is 40.3 cm³/mol. The Morgan fingerprint density at radius 1 is 1.44 bits per heavy atom. The highest BCUT2D eigenvalue weighted by atomic mass is 16.3. The highest BCUT2D eigenvalue weighted by Gasteiger charge is 2.17. The first kappa shape index (κ1) is 8.70. The summed E-state index contributed by atoms with van der Waals surface area (Å²) >= 11 is 0. The van der Waals surface area contributed by atoms with Crippen molar-refractivity contribution in [3.05, 3.63) is 12.2 Å². The highest BCUT2D eigenvalue weighted by molar-refractivity contribution is 5.09. The summed E-state index contributed by atoms with van der Waals surface area (Å²) < 4.78 is 0. The average molecular weight is 128 g/mol. The van der Waals surface area contributed by atoms with E-state index in [1.54, 1.807) is 6.92 Å². The molecule has 0 heterocycles. The Kier molecular flexibility index (Phi) is 2.44. The molecule has 0 rings (SSSR count). The van der Waals surface area contributed by atoms with E-state index >= 15 is 0 Å². The van der Waals surface area contributed by atoms with Gasteiger partial charge in [0, 0.05) is 0 Å². The zero-order chi connectivity index (χ0) is 7.65. The zero-order valence-corrected chi connectivity index (χ0v) is 6.73. The van der Waals surface area contributed by atoms with Crippen molar-refractivity contribution >= 4 is 0 Å². The van der Waals surface area contributed by atoms with Gasteiger partial charge in [0.05, 0.1) is 6.10 Å². The lowest BCUT2D eigenvalue weighted by Crippen LogP contribution is -2.18. The summed E-state index contributed by atoms with van der Waals surface area (Å²) in [7, 11) is 0. The number of hydrogen-bond acceptors (Lipinski definition) is 1. The van der Waals surface area contributed by atoms with Gasteiger partial charge in [0.1, 0.15) is 0 Å². The van der Waals surface area contributed by atoms with Crippen LogP contribution >= 0.6 is 0 Å². The summed E-state index contributed by atoms with van der Waals surface area (Å²) in [6.07, 6.45) is -0.384. The molecule has 0 saturated heterocycles. The minimum atomic E-state index is -0.384. The van der Waals surface area contributed by atoms with Crippen LogP contribution in [0.5, 0.6) is 0 Å². The second kappa shape index (κ2) is 2.53. The van der Waals surface area contributed by atoms with Gasteiger partial charge < -0.3 is 5.11 Å². The summed E-state index contributed by atoms with van der Waals surface area (Å²) in [5, 5.41) is 9.06. The van der Waals surface area contributed by atoms with Crippen LogP contribution in [0.2, 0.25) is 0 Å². The van der Waals surface area contributed by atoms with E-state index in [1.165, 1.54) is 0 Å². The van der Waals surface area contributed by atoms with Crippen molar-refractivity contribution in [1.29, 1.82) is 0 Å². The highest BCUT2D eigenvalue weighted by Crippen LogP contribution is 2.25. The largest absolute Gasteiger partial charge is 0.389 e. The Morgan fingerprint density at radius 2 is 1.78 bits per heavy atom. The van der Waals surface area contributed by atoms with E-state index in [1.807, 2.05) is 20.8 Å². The lowest BCUT2D eigenvalue weighted by atomic mass is 9.85. The van der Waals surface area contributed by atoms with Crippen molar-refractivity contribution < 1.29 is 5.11 Å². The Balaban J connectivity index is 4.06. The molecular formula is C8H16O. The van der Waals surface area contributed by atoms with Crippen molar-refractivity contribution in [2.24, 2.45) is 5.41 Å². The molecule has 0 aromatic rings. The van der Waals surface area contributed by atoms with Crippen molar-refractivity contribution in [3.63, 3.8) is 0 Å². The lowest BCUT2D eigenvalue weighted by Gasteiger charge is -2.23. The maximum atomic E-state index is 9.06. The van der Waals surface area contributed by atoms with Crippen LogP contribution in [0.3, 0.4) is 0 Å². The molecule has 0 bridgehead atoms. The van der Waals surface area contributed by atoms with Crippen LogP contribution in [0.1, 0.15) is 27.7 Å². The molecule has 0 amide bonds. The van der Waals surface area contributed by atoms with Crippen LogP contribution < -0.4 is 0 Å². The summed E-state index contributed by atoms with van der Waals surface area (Å²) in [6.45, 7) is 11.7. The van der Waals surface area contributed by atoms with Crippen LogP contribution in [0.4, 0.5) is 0 Å². The van der Waals surface area contributed by atoms with Gasteiger partial charge in [0.25, 0.3) is 0 Å². The topological polar surface area (TPSA) is 20.2 Å². The van der Waals surface area contributed by atoms with Crippen molar-refractivity contribution in [2.45, 2.75) is 33.8 Å². The first-order valence-electron chi connectivity index (χ1n) is 3.23. The van der Waals surface area contributed by atoms with Crippen LogP contribution in [0.25, 0.3) is 0 Å². The fourth-order valence-corrected chi connectivity index (χ4v) is 0.627. The van der Waals surface area contributed by atoms with Gasteiger partial charge in [-0.3, -0.25) is 0 Å². The van der Waals surface area contributed by atoms with Gasteiger partial charge in [0.15, 0.2) is 0 Å². The monoisotopic (exact) mass is 128 g/mol. The zero-order valence-electron chi connectivity index (χ0n) is 6.73. The van der Waals surface area contributed by atoms with Gasteiger partial charge in [-0.1, -0.05) is 27.4 Å². The van der Waals surface area contributed by atoms with Gasteiger partial charge in [-0.05, 0) is 17.9 Å². The van der Waals surface area contributed by atoms with Crippen molar-refractivity contribution in [1.82, 2.24) is 0 Å².